The lowest BCUT2D eigenvalue weighted by Gasteiger charge is -2.20. The van der Waals surface area contributed by atoms with E-state index in [1.807, 2.05) is 42.5 Å². The van der Waals surface area contributed by atoms with Crippen LogP contribution in [0.15, 0.2) is 66.7 Å². The molecule has 0 unspecified atom stereocenters. The Morgan fingerprint density at radius 2 is 1.75 bits per heavy atom. The number of rotatable bonds is 11. The van der Waals surface area contributed by atoms with Crippen molar-refractivity contribution in [2.45, 2.75) is 25.6 Å². The van der Waals surface area contributed by atoms with E-state index >= 15 is 0 Å². The van der Waals surface area contributed by atoms with Gasteiger partial charge in [0.05, 0.1) is 32.3 Å². The summed E-state index contributed by atoms with van der Waals surface area (Å²) >= 11 is 0. The molecular formula is C23H27FO4. The minimum atomic E-state index is -0.356. The van der Waals surface area contributed by atoms with Crippen LogP contribution in [-0.2, 0) is 25.6 Å². The molecular weight excluding hydrogens is 359 g/mol. The number of hydrogen-bond acceptors (Lipinski definition) is 4. The predicted octanol–water partition coefficient (Wildman–Crippen LogP) is 4.86. The Morgan fingerprint density at radius 3 is 2.39 bits per heavy atom. The highest BCUT2D eigenvalue weighted by atomic mass is 19.1. The summed E-state index contributed by atoms with van der Waals surface area (Å²) in [5.41, 5.74) is 1.94. The van der Waals surface area contributed by atoms with Gasteiger partial charge in [-0.25, -0.2) is 4.39 Å². The highest BCUT2D eigenvalue weighted by Gasteiger charge is 2.24. The molecule has 2 atom stereocenters. The van der Waals surface area contributed by atoms with Crippen molar-refractivity contribution in [3.63, 3.8) is 0 Å². The summed E-state index contributed by atoms with van der Waals surface area (Å²) in [6.45, 7) is 1.01. The number of halogens is 1. The van der Waals surface area contributed by atoms with E-state index < -0.39 is 0 Å². The third kappa shape index (κ3) is 7.25. The maximum atomic E-state index is 13.1. The van der Waals surface area contributed by atoms with Crippen molar-refractivity contribution in [1.82, 2.24) is 0 Å². The van der Waals surface area contributed by atoms with Crippen molar-refractivity contribution in [2.24, 2.45) is 5.92 Å². The molecule has 28 heavy (non-hydrogen) atoms. The van der Waals surface area contributed by atoms with Crippen molar-refractivity contribution in [1.29, 1.82) is 0 Å². The average Bonchev–Trinajstić information content (AvgIpc) is 2.73. The molecule has 4 nitrogen and oxygen atoms in total. The fraction of sp³-hybridized carbons (Fsp3) is 0.348. The molecule has 0 saturated carbocycles. The number of methoxy groups -OCH3 is 2. The van der Waals surface area contributed by atoms with Crippen molar-refractivity contribution in [3.05, 3.63) is 83.7 Å². The van der Waals surface area contributed by atoms with Crippen LogP contribution in [0.3, 0.4) is 0 Å². The zero-order valence-electron chi connectivity index (χ0n) is 16.3. The lowest BCUT2D eigenvalue weighted by molar-refractivity contribution is -0.146. The molecule has 0 heterocycles. The minimum absolute atomic E-state index is 0.293. The maximum Gasteiger partial charge on any atom is 0.309 e. The van der Waals surface area contributed by atoms with Gasteiger partial charge in [-0.05, 0) is 36.1 Å². The minimum Gasteiger partial charge on any atom is -0.469 e. The van der Waals surface area contributed by atoms with Crippen molar-refractivity contribution >= 4 is 5.97 Å². The van der Waals surface area contributed by atoms with E-state index in [0.29, 0.717) is 26.1 Å². The molecule has 0 bridgehead atoms. The smallest absolute Gasteiger partial charge is 0.309 e. The number of esters is 1. The molecule has 0 aliphatic heterocycles. The monoisotopic (exact) mass is 386 g/mol. The van der Waals surface area contributed by atoms with E-state index in [0.717, 1.165) is 11.1 Å². The molecule has 0 aliphatic rings. The summed E-state index contributed by atoms with van der Waals surface area (Å²) in [5.74, 6) is -0.953. The molecule has 0 aliphatic carbocycles. The third-order valence-electron chi connectivity index (χ3n) is 4.47. The lowest BCUT2D eigenvalue weighted by Crippen LogP contribution is -2.19. The summed E-state index contributed by atoms with van der Waals surface area (Å²) in [7, 11) is 2.96. The Kier molecular flexibility index (Phi) is 9.39. The number of hydrogen-bond donors (Lipinski definition) is 0. The van der Waals surface area contributed by atoms with Crippen LogP contribution in [0.5, 0.6) is 0 Å². The first kappa shape index (κ1) is 21.8. The van der Waals surface area contributed by atoms with Gasteiger partial charge in [-0.15, -0.1) is 0 Å². The van der Waals surface area contributed by atoms with Gasteiger partial charge in [0.25, 0.3) is 0 Å². The van der Waals surface area contributed by atoms with Gasteiger partial charge in [0.1, 0.15) is 5.82 Å². The highest BCUT2D eigenvalue weighted by Crippen LogP contribution is 2.27. The Morgan fingerprint density at radius 1 is 1.04 bits per heavy atom. The molecule has 0 radical (unpaired) electrons. The topological polar surface area (TPSA) is 44.8 Å². The molecule has 5 heteroatoms. The molecule has 0 amide bonds. The Balaban J connectivity index is 1.86. The number of carbonyl (C=O) groups is 1. The fourth-order valence-corrected chi connectivity index (χ4v) is 2.91. The van der Waals surface area contributed by atoms with Crippen LogP contribution >= 0.6 is 0 Å². The molecule has 0 saturated heterocycles. The van der Waals surface area contributed by atoms with Gasteiger partial charge in [-0.3, -0.25) is 4.79 Å². The summed E-state index contributed by atoms with van der Waals surface area (Å²) in [6, 6.07) is 16.1. The largest absolute Gasteiger partial charge is 0.469 e. The van der Waals surface area contributed by atoms with Gasteiger partial charge in [0, 0.05) is 7.11 Å². The Hall–Kier alpha value is -2.50. The van der Waals surface area contributed by atoms with Crippen LogP contribution in [-0.4, -0.2) is 26.8 Å². The van der Waals surface area contributed by atoms with Gasteiger partial charge in [-0.2, -0.15) is 0 Å². The van der Waals surface area contributed by atoms with Crippen molar-refractivity contribution in [3.8, 4) is 0 Å². The normalized spacial score (nSPS) is 13.4. The van der Waals surface area contributed by atoms with E-state index in [-0.39, 0.29) is 23.8 Å². The number of carbonyl (C=O) groups excluding carboxylic acids is 1. The second kappa shape index (κ2) is 12.1. The van der Waals surface area contributed by atoms with Gasteiger partial charge >= 0.3 is 5.97 Å². The summed E-state index contributed by atoms with van der Waals surface area (Å²) in [6.07, 6.45) is 4.47. The van der Waals surface area contributed by atoms with Crippen LogP contribution in [0, 0.1) is 11.7 Å². The van der Waals surface area contributed by atoms with E-state index in [1.54, 1.807) is 19.2 Å². The molecule has 2 aromatic carbocycles. The quantitative estimate of drug-likeness (QED) is 0.314. The fourth-order valence-electron chi connectivity index (χ4n) is 2.91. The van der Waals surface area contributed by atoms with Crippen LogP contribution in [0.25, 0.3) is 0 Å². The Bertz CT molecular complexity index is 728. The van der Waals surface area contributed by atoms with Crippen molar-refractivity contribution in [2.75, 3.05) is 20.8 Å². The molecule has 2 aromatic rings. The lowest BCUT2D eigenvalue weighted by atomic mass is 9.94. The van der Waals surface area contributed by atoms with E-state index in [4.69, 9.17) is 14.2 Å². The van der Waals surface area contributed by atoms with E-state index in [2.05, 4.69) is 0 Å². The van der Waals surface area contributed by atoms with Gasteiger partial charge < -0.3 is 14.2 Å². The van der Waals surface area contributed by atoms with Gasteiger partial charge in [0.2, 0.25) is 0 Å². The molecule has 2 rings (SSSR count). The first-order valence-corrected chi connectivity index (χ1v) is 9.26. The van der Waals surface area contributed by atoms with E-state index in [9.17, 15) is 9.18 Å². The number of ether oxygens (including phenoxy) is 3. The molecule has 0 spiro atoms. The van der Waals surface area contributed by atoms with E-state index in [1.165, 1.54) is 19.2 Å². The summed E-state index contributed by atoms with van der Waals surface area (Å²) < 4.78 is 29.2. The second-order valence-electron chi connectivity index (χ2n) is 6.44. The zero-order valence-corrected chi connectivity index (χ0v) is 16.3. The predicted molar refractivity (Wildman–Crippen MR) is 106 cm³/mol. The molecule has 0 fully saturated rings. The van der Waals surface area contributed by atoms with Crippen LogP contribution in [0.2, 0.25) is 0 Å². The SMILES string of the molecule is COC(=O)[C@@H](CC=CCOCc1ccccc1)C[C@@H](OC)c1ccc(F)cc1. The second-order valence-corrected chi connectivity index (χ2v) is 6.44. The Labute approximate surface area is 165 Å². The number of benzene rings is 2. The van der Waals surface area contributed by atoms with Gasteiger partial charge in [-0.1, -0.05) is 54.6 Å². The highest BCUT2D eigenvalue weighted by molar-refractivity contribution is 5.72. The first-order valence-electron chi connectivity index (χ1n) is 9.26. The third-order valence-corrected chi connectivity index (χ3v) is 4.47. The zero-order chi connectivity index (χ0) is 20.2. The molecule has 0 aromatic heterocycles. The molecule has 0 N–H and O–H groups in total. The average molecular weight is 386 g/mol. The maximum absolute atomic E-state index is 13.1. The van der Waals surface area contributed by atoms with Crippen LogP contribution in [0.1, 0.15) is 30.1 Å². The van der Waals surface area contributed by atoms with Crippen LogP contribution in [0.4, 0.5) is 4.39 Å². The summed E-state index contributed by atoms with van der Waals surface area (Å²) in [5, 5.41) is 0. The molecule has 150 valence electrons. The van der Waals surface area contributed by atoms with Crippen LogP contribution < -0.4 is 0 Å². The van der Waals surface area contributed by atoms with Gasteiger partial charge in [0.15, 0.2) is 0 Å². The number of allylic oxidation sites excluding steroid dienone is 1. The first-order chi connectivity index (χ1) is 13.6. The summed E-state index contributed by atoms with van der Waals surface area (Å²) in [4.78, 5) is 12.2. The van der Waals surface area contributed by atoms with Crippen molar-refractivity contribution < 1.29 is 23.4 Å². The standard InChI is InChI=1S/C23H27FO4/c1-26-22(19-11-13-21(24)14-12-19)16-20(23(25)27-2)10-6-7-15-28-17-18-8-4-3-5-9-18/h3-9,11-14,20,22H,10,15-17H2,1-2H3/t20-,22+/m0/s1.